The molecule has 2 N–H and O–H groups in total. The smallest absolute Gasteiger partial charge is 0.0332 e. The minimum Gasteiger partial charge on any atom is -0.329 e. The van der Waals surface area contributed by atoms with E-state index in [1.807, 2.05) is 0 Å². The van der Waals surface area contributed by atoms with E-state index in [1.165, 1.54) is 58.0 Å². The van der Waals surface area contributed by atoms with Crippen LogP contribution in [0.5, 0.6) is 0 Å². The summed E-state index contributed by atoms with van der Waals surface area (Å²) < 4.78 is 0. The summed E-state index contributed by atoms with van der Waals surface area (Å²) in [5.41, 5.74) is 6.48. The van der Waals surface area contributed by atoms with E-state index in [9.17, 15) is 0 Å². The Labute approximate surface area is 106 Å². The van der Waals surface area contributed by atoms with Crippen LogP contribution in [0.25, 0.3) is 0 Å². The highest BCUT2D eigenvalue weighted by Gasteiger charge is 2.39. The van der Waals surface area contributed by atoms with Crippen molar-refractivity contribution in [3.8, 4) is 0 Å². The predicted octanol–water partition coefficient (Wildman–Crippen LogP) is 1.67. The molecule has 17 heavy (non-hydrogen) atoms. The number of hydrogen-bond donors (Lipinski definition) is 1. The summed E-state index contributed by atoms with van der Waals surface area (Å²) in [6, 6.07) is 0.731. The number of likely N-dealkylation sites (tertiary alicyclic amines) is 1. The summed E-state index contributed by atoms with van der Waals surface area (Å²) in [5.74, 6) is 0. The molecule has 2 aliphatic rings. The van der Waals surface area contributed by atoms with E-state index in [1.54, 1.807) is 0 Å². The quantitative estimate of drug-likeness (QED) is 0.813. The van der Waals surface area contributed by atoms with Crippen LogP contribution in [0.2, 0.25) is 0 Å². The molecular formula is C14H29N3. The topological polar surface area (TPSA) is 32.5 Å². The number of nitrogens with two attached hydrogens (primary N) is 1. The number of rotatable bonds is 3. The fourth-order valence-electron chi connectivity index (χ4n) is 3.67. The van der Waals surface area contributed by atoms with Crippen LogP contribution in [-0.4, -0.2) is 55.1 Å². The van der Waals surface area contributed by atoms with Crippen LogP contribution >= 0.6 is 0 Å². The molecule has 0 aromatic heterocycles. The molecule has 3 heteroatoms. The predicted molar refractivity (Wildman–Crippen MR) is 73.2 cm³/mol. The van der Waals surface area contributed by atoms with Crippen molar-refractivity contribution in [2.75, 3.05) is 33.7 Å². The molecule has 0 bridgehead atoms. The average Bonchev–Trinajstić information content (AvgIpc) is 2.39. The lowest BCUT2D eigenvalue weighted by Gasteiger charge is -2.50. The molecule has 1 unspecified atom stereocenters. The van der Waals surface area contributed by atoms with Crippen LogP contribution in [0.1, 0.15) is 44.9 Å². The third kappa shape index (κ3) is 2.83. The second-order valence-electron chi connectivity index (χ2n) is 6.19. The molecule has 1 saturated heterocycles. The van der Waals surface area contributed by atoms with Crippen molar-refractivity contribution in [3.05, 3.63) is 0 Å². The second kappa shape index (κ2) is 5.68. The average molecular weight is 239 g/mol. The van der Waals surface area contributed by atoms with Gasteiger partial charge in [-0.15, -0.1) is 0 Å². The lowest BCUT2D eigenvalue weighted by Crippen LogP contribution is -2.60. The van der Waals surface area contributed by atoms with Crippen LogP contribution in [0.15, 0.2) is 0 Å². The van der Waals surface area contributed by atoms with Crippen molar-refractivity contribution in [1.82, 2.24) is 9.80 Å². The maximum absolute atomic E-state index is 6.14. The molecule has 2 rings (SSSR count). The molecule has 1 aliphatic carbocycles. The monoisotopic (exact) mass is 239 g/mol. The zero-order valence-corrected chi connectivity index (χ0v) is 11.6. The van der Waals surface area contributed by atoms with Gasteiger partial charge < -0.3 is 10.6 Å². The largest absolute Gasteiger partial charge is 0.329 e. The van der Waals surface area contributed by atoms with Gasteiger partial charge in [-0.2, -0.15) is 0 Å². The summed E-state index contributed by atoms with van der Waals surface area (Å²) in [5, 5.41) is 0. The third-order valence-corrected chi connectivity index (χ3v) is 4.96. The first-order chi connectivity index (χ1) is 8.18. The van der Waals surface area contributed by atoms with Gasteiger partial charge in [0.1, 0.15) is 0 Å². The van der Waals surface area contributed by atoms with E-state index in [-0.39, 0.29) is 0 Å². The third-order valence-electron chi connectivity index (χ3n) is 4.96. The summed E-state index contributed by atoms with van der Waals surface area (Å²) >= 11 is 0. The zero-order chi connectivity index (χ0) is 12.3. The van der Waals surface area contributed by atoms with Gasteiger partial charge in [-0.3, -0.25) is 4.90 Å². The van der Waals surface area contributed by atoms with E-state index in [0.29, 0.717) is 5.54 Å². The molecule has 0 radical (unpaired) electrons. The van der Waals surface area contributed by atoms with Crippen LogP contribution in [0.3, 0.4) is 0 Å². The van der Waals surface area contributed by atoms with Crippen molar-refractivity contribution < 1.29 is 0 Å². The van der Waals surface area contributed by atoms with Gasteiger partial charge in [0.2, 0.25) is 0 Å². The van der Waals surface area contributed by atoms with Gasteiger partial charge >= 0.3 is 0 Å². The van der Waals surface area contributed by atoms with E-state index in [2.05, 4.69) is 23.9 Å². The van der Waals surface area contributed by atoms with Crippen molar-refractivity contribution in [1.29, 1.82) is 0 Å². The highest BCUT2D eigenvalue weighted by atomic mass is 15.3. The van der Waals surface area contributed by atoms with Crippen molar-refractivity contribution in [3.63, 3.8) is 0 Å². The van der Waals surface area contributed by atoms with Crippen molar-refractivity contribution in [2.24, 2.45) is 5.73 Å². The Morgan fingerprint density at radius 1 is 1.18 bits per heavy atom. The highest BCUT2D eigenvalue weighted by Crippen LogP contribution is 2.35. The van der Waals surface area contributed by atoms with Gasteiger partial charge in [-0.1, -0.05) is 19.3 Å². The standard InChI is InChI=1S/C14H29N3/c1-16(2)13-7-6-10-17(11-13)14(12-15)8-4-3-5-9-14/h13H,3-12,15H2,1-2H3. The molecule has 0 aromatic rings. The van der Waals surface area contributed by atoms with Gasteiger partial charge in [0, 0.05) is 24.7 Å². The Kier molecular flexibility index (Phi) is 4.45. The van der Waals surface area contributed by atoms with E-state index in [0.717, 1.165) is 12.6 Å². The van der Waals surface area contributed by atoms with Crippen LogP contribution in [0.4, 0.5) is 0 Å². The summed E-state index contributed by atoms with van der Waals surface area (Å²) in [7, 11) is 4.42. The summed E-state index contributed by atoms with van der Waals surface area (Å²) in [6.45, 7) is 3.35. The molecule has 2 fully saturated rings. The fraction of sp³-hybridized carbons (Fsp3) is 1.00. The van der Waals surface area contributed by atoms with Crippen LogP contribution < -0.4 is 5.73 Å². The molecule has 3 nitrogen and oxygen atoms in total. The van der Waals surface area contributed by atoms with E-state index < -0.39 is 0 Å². The minimum atomic E-state index is 0.340. The zero-order valence-electron chi connectivity index (χ0n) is 11.6. The molecule has 0 aromatic carbocycles. The Morgan fingerprint density at radius 3 is 2.47 bits per heavy atom. The van der Waals surface area contributed by atoms with Gasteiger partial charge in [-0.05, 0) is 46.3 Å². The molecule has 0 spiro atoms. The lowest BCUT2D eigenvalue weighted by atomic mass is 9.79. The summed E-state index contributed by atoms with van der Waals surface area (Å²) in [6.07, 6.45) is 9.50. The van der Waals surface area contributed by atoms with Crippen LogP contribution in [0, 0.1) is 0 Å². The number of nitrogens with zero attached hydrogens (tertiary/aromatic N) is 2. The number of piperidine rings is 1. The first kappa shape index (κ1) is 13.3. The van der Waals surface area contributed by atoms with E-state index in [4.69, 9.17) is 5.73 Å². The Hall–Kier alpha value is -0.120. The Morgan fingerprint density at radius 2 is 1.88 bits per heavy atom. The van der Waals surface area contributed by atoms with Gasteiger partial charge in [0.05, 0.1) is 0 Å². The minimum absolute atomic E-state index is 0.340. The Balaban J connectivity index is 2.03. The summed E-state index contributed by atoms with van der Waals surface area (Å²) in [4.78, 5) is 5.11. The molecule has 1 saturated carbocycles. The maximum atomic E-state index is 6.14. The van der Waals surface area contributed by atoms with Gasteiger partial charge in [0.25, 0.3) is 0 Å². The normalized spacial score (nSPS) is 30.7. The van der Waals surface area contributed by atoms with Gasteiger partial charge in [-0.25, -0.2) is 0 Å². The van der Waals surface area contributed by atoms with Crippen molar-refractivity contribution >= 4 is 0 Å². The first-order valence-electron chi connectivity index (χ1n) is 7.29. The second-order valence-corrected chi connectivity index (χ2v) is 6.19. The molecular weight excluding hydrogens is 210 g/mol. The first-order valence-corrected chi connectivity index (χ1v) is 7.29. The lowest BCUT2D eigenvalue weighted by molar-refractivity contribution is 0.0117. The van der Waals surface area contributed by atoms with E-state index >= 15 is 0 Å². The highest BCUT2D eigenvalue weighted by molar-refractivity contribution is 4.97. The molecule has 1 aliphatic heterocycles. The molecule has 1 atom stereocenters. The maximum Gasteiger partial charge on any atom is 0.0332 e. The van der Waals surface area contributed by atoms with Gasteiger partial charge in [0.15, 0.2) is 0 Å². The van der Waals surface area contributed by atoms with Crippen LogP contribution in [-0.2, 0) is 0 Å². The molecule has 100 valence electrons. The number of hydrogen-bond acceptors (Lipinski definition) is 3. The fourth-order valence-corrected chi connectivity index (χ4v) is 3.67. The molecule has 0 amide bonds. The number of likely N-dealkylation sites (N-methyl/N-ethyl adjacent to an activating group) is 1. The SMILES string of the molecule is CN(C)C1CCCN(C2(CN)CCCCC2)C1. The Bertz CT molecular complexity index is 234. The van der Waals surface area contributed by atoms with Crippen molar-refractivity contribution in [2.45, 2.75) is 56.5 Å². The molecule has 1 heterocycles.